The number of rotatable bonds is 7. The molecule has 1 saturated heterocycles. The molecule has 1 N–H and O–H groups in total. The van der Waals surface area contributed by atoms with Gasteiger partial charge in [0, 0.05) is 11.5 Å². The molecule has 1 heterocycles. The molecule has 0 aromatic carbocycles. The second kappa shape index (κ2) is 8.22. The number of carbonyl (C=O) groups is 1. The molecule has 0 spiro atoms. The lowest BCUT2D eigenvalue weighted by molar-refractivity contribution is -0.143. The van der Waals surface area contributed by atoms with E-state index in [1.54, 1.807) is 23.5 Å². The standard InChI is InChI=1S/C14H27NO3S3/c1-6-8-11(15-21(17)13(3,4)5)14(12(16)18-7-2)19-9-10-20-14/h11,15H,6-10H2,1-5H3/t11-,21-/m0/s1. The van der Waals surface area contributed by atoms with Crippen molar-refractivity contribution in [3.63, 3.8) is 0 Å². The van der Waals surface area contributed by atoms with Crippen molar-refractivity contribution < 1.29 is 13.7 Å². The molecule has 1 aliphatic heterocycles. The highest BCUT2D eigenvalue weighted by Gasteiger charge is 2.51. The van der Waals surface area contributed by atoms with Crippen LogP contribution in [-0.4, -0.2) is 43.2 Å². The Morgan fingerprint density at radius 1 is 1.33 bits per heavy atom. The lowest BCUT2D eigenvalue weighted by Crippen LogP contribution is -2.53. The van der Waals surface area contributed by atoms with Crippen molar-refractivity contribution in [2.45, 2.75) is 62.3 Å². The van der Waals surface area contributed by atoms with Crippen LogP contribution in [0, 0.1) is 0 Å². The largest absolute Gasteiger partial charge is 0.464 e. The zero-order chi connectivity index (χ0) is 16.1. The molecule has 0 aromatic heterocycles. The van der Waals surface area contributed by atoms with Crippen LogP contribution in [0.25, 0.3) is 0 Å². The second-order valence-electron chi connectivity index (χ2n) is 5.93. The molecule has 0 saturated carbocycles. The van der Waals surface area contributed by atoms with E-state index in [-0.39, 0.29) is 16.8 Å². The molecule has 4 nitrogen and oxygen atoms in total. The Balaban J connectivity index is 2.98. The van der Waals surface area contributed by atoms with Crippen molar-refractivity contribution in [1.82, 2.24) is 4.72 Å². The van der Waals surface area contributed by atoms with E-state index >= 15 is 0 Å². The van der Waals surface area contributed by atoms with Gasteiger partial charge in [0.1, 0.15) is 0 Å². The minimum Gasteiger partial charge on any atom is -0.464 e. The Morgan fingerprint density at radius 2 is 1.90 bits per heavy atom. The molecule has 2 atom stereocenters. The average Bonchev–Trinajstić information content (AvgIpc) is 2.87. The fourth-order valence-electron chi connectivity index (χ4n) is 2.04. The smallest absolute Gasteiger partial charge is 0.334 e. The van der Waals surface area contributed by atoms with Gasteiger partial charge in [-0.1, -0.05) is 13.3 Å². The third kappa shape index (κ3) is 4.88. The Kier molecular flexibility index (Phi) is 7.57. The number of hydrogen-bond donors (Lipinski definition) is 1. The monoisotopic (exact) mass is 353 g/mol. The molecule has 124 valence electrons. The molecule has 0 aliphatic carbocycles. The van der Waals surface area contributed by atoms with Crippen molar-refractivity contribution in [3.8, 4) is 0 Å². The van der Waals surface area contributed by atoms with Crippen LogP contribution in [0.2, 0.25) is 0 Å². The number of carbonyl (C=O) groups excluding carboxylic acids is 1. The lowest BCUT2D eigenvalue weighted by atomic mass is 10.1. The van der Waals surface area contributed by atoms with Crippen molar-refractivity contribution in [2.24, 2.45) is 0 Å². The fourth-order valence-corrected chi connectivity index (χ4v) is 6.31. The highest BCUT2D eigenvalue weighted by atomic mass is 32.2. The average molecular weight is 354 g/mol. The van der Waals surface area contributed by atoms with Crippen molar-refractivity contribution in [2.75, 3.05) is 18.1 Å². The van der Waals surface area contributed by atoms with E-state index in [1.807, 2.05) is 27.7 Å². The number of hydrogen-bond acceptors (Lipinski definition) is 5. The Hall–Kier alpha value is 0.280. The lowest BCUT2D eigenvalue weighted by Gasteiger charge is -2.35. The minimum absolute atomic E-state index is 0.140. The zero-order valence-electron chi connectivity index (χ0n) is 13.6. The Morgan fingerprint density at radius 3 is 2.33 bits per heavy atom. The van der Waals surface area contributed by atoms with Crippen LogP contribution in [0.1, 0.15) is 47.5 Å². The molecule has 1 rings (SSSR count). The van der Waals surface area contributed by atoms with Gasteiger partial charge in [0.05, 0.1) is 28.4 Å². The van der Waals surface area contributed by atoms with E-state index in [2.05, 4.69) is 11.6 Å². The fraction of sp³-hybridized carbons (Fsp3) is 0.929. The van der Waals surface area contributed by atoms with Gasteiger partial charge in [-0.15, -0.1) is 23.5 Å². The van der Waals surface area contributed by atoms with Gasteiger partial charge in [0.2, 0.25) is 0 Å². The number of nitrogens with one attached hydrogen (secondary N) is 1. The van der Waals surface area contributed by atoms with Crippen LogP contribution in [0.5, 0.6) is 0 Å². The van der Waals surface area contributed by atoms with E-state index in [0.29, 0.717) is 6.61 Å². The van der Waals surface area contributed by atoms with E-state index in [4.69, 9.17) is 4.74 Å². The molecule has 1 fully saturated rings. The van der Waals surface area contributed by atoms with Crippen molar-refractivity contribution in [1.29, 1.82) is 0 Å². The summed E-state index contributed by atoms with van der Waals surface area (Å²) in [6.45, 7) is 10.1. The minimum atomic E-state index is -1.20. The summed E-state index contributed by atoms with van der Waals surface area (Å²) in [7, 11) is -1.20. The van der Waals surface area contributed by atoms with Gasteiger partial charge in [-0.05, 0) is 34.1 Å². The highest BCUT2D eigenvalue weighted by Crippen LogP contribution is 2.48. The van der Waals surface area contributed by atoms with Crippen molar-refractivity contribution >= 4 is 40.5 Å². The van der Waals surface area contributed by atoms with E-state index < -0.39 is 15.1 Å². The summed E-state index contributed by atoms with van der Waals surface area (Å²) in [6.07, 6.45) is 1.74. The molecule has 7 heteroatoms. The van der Waals surface area contributed by atoms with E-state index in [0.717, 1.165) is 24.3 Å². The van der Waals surface area contributed by atoms with Crippen LogP contribution < -0.4 is 4.72 Å². The number of thioether (sulfide) groups is 2. The summed E-state index contributed by atoms with van der Waals surface area (Å²) in [6, 6.07) is -0.140. The Bertz CT molecular complexity index is 376. The van der Waals surface area contributed by atoms with Crippen LogP contribution in [0.15, 0.2) is 0 Å². The van der Waals surface area contributed by atoms with Crippen LogP contribution in [0.3, 0.4) is 0 Å². The maximum atomic E-state index is 12.5. The first-order valence-electron chi connectivity index (χ1n) is 7.41. The van der Waals surface area contributed by atoms with Crippen LogP contribution >= 0.6 is 23.5 Å². The molecule has 1 aliphatic rings. The highest BCUT2D eigenvalue weighted by molar-refractivity contribution is 8.22. The first kappa shape index (κ1) is 19.3. The molecule has 0 unspecified atom stereocenters. The summed E-state index contributed by atoms with van der Waals surface area (Å²) in [4.78, 5) is 12.5. The van der Waals surface area contributed by atoms with Gasteiger partial charge in [-0.25, -0.2) is 13.7 Å². The predicted molar refractivity (Wildman–Crippen MR) is 94.0 cm³/mol. The van der Waals surface area contributed by atoms with Crippen molar-refractivity contribution in [3.05, 3.63) is 0 Å². The van der Waals surface area contributed by atoms with Gasteiger partial charge in [-0.2, -0.15) is 0 Å². The third-order valence-electron chi connectivity index (χ3n) is 3.12. The maximum absolute atomic E-state index is 12.5. The predicted octanol–water partition coefficient (Wildman–Crippen LogP) is 2.95. The molecule has 0 amide bonds. The molecule has 0 bridgehead atoms. The molecular formula is C14H27NO3S3. The quantitative estimate of drug-likeness (QED) is 0.713. The normalized spacial score (nSPS) is 21.0. The molecular weight excluding hydrogens is 326 g/mol. The van der Waals surface area contributed by atoms with Crippen LogP contribution in [-0.2, 0) is 20.5 Å². The molecule has 21 heavy (non-hydrogen) atoms. The zero-order valence-corrected chi connectivity index (χ0v) is 16.0. The maximum Gasteiger partial charge on any atom is 0.334 e. The second-order valence-corrected chi connectivity index (χ2v) is 10.9. The first-order chi connectivity index (χ1) is 9.78. The van der Waals surface area contributed by atoms with E-state index in [9.17, 15) is 9.00 Å². The summed E-state index contributed by atoms with van der Waals surface area (Å²) in [5.41, 5.74) is 0. The summed E-state index contributed by atoms with van der Waals surface area (Å²) in [5, 5.41) is 0. The van der Waals surface area contributed by atoms with Gasteiger partial charge in [0.25, 0.3) is 0 Å². The molecule has 0 aromatic rings. The number of esters is 1. The van der Waals surface area contributed by atoms with Gasteiger partial charge in [-0.3, -0.25) is 0 Å². The van der Waals surface area contributed by atoms with Gasteiger partial charge >= 0.3 is 5.97 Å². The third-order valence-corrected chi connectivity index (χ3v) is 8.27. The van der Waals surface area contributed by atoms with Crippen LogP contribution in [0.4, 0.5) is 0 Å². The number of ether oxygens (including phenoxy) is 1. The van der Waals surface area contributed by atoms with E-state index in [1.165, 1.54) is 0 Å². The van der Waals surface area contributed by atoms with Gasteiger partial charge in [0.15, 0.2) is 4.08 Å². The summed E-state index contributed by atoms with van der Waals surface area (Å²) >= 11 is 3.26. The SMILES string of the molecule is CCC[C@H](N[S@@](=O)C(C)(C)C)C1(C(=O)OCC)SCCS1. The summed E-state index contributed by atoms with van der Waals surface area (Å²) < 4.78 is 20.0. The topological polar surface area (TPSA) is 55.4 Å². The Labute approximate surface area is 139 Å². The van der Waals surface area contributed by atoms with Gasteiger partial charge < -0.3 is 4.74 Å². The first-order valence-corrected chi connectivity index (χ1v) is 10.5. The molecule has 0 radical (unpaired) electrons. The summed E-state index contributed by atoms with van der Waals surface area (Å²) in [5.74, 6) is 1.66.